The van der Waals surface area contributed by atoms with Gasteiger partial charge in [0.15, 0.2) is 9.84 Å². The highest BCUT2D eigenvalue weighted by Crippen LogP contribution is 2.20. The lowest BCUT2D eigenvalue weighted by Gasteiger charge is -2.40. The summed E-state index contributed by atoms with van der Waals surface area (Å²) in [5.41, 5.74) is 0. The Balaban J connectivity index is 2.96. The molecule has 122 valence electrons. The normalized spacial score (nSPS) is 25.1. The highest BCUT2D eigenvalue weighted by molar-refractivity contribution is 7.92. The fourth-order valence-corrected chi connectivity index (χ4v) is 3.31. The number of hydrogen-bond acceptors (Lipinski definition) is 4. The van der Waals surface area contributed by atoms with Gasteiger partial charge in [-0.1, -0.05) is 20.3 Å². The number of carbonyl (C=O) groups excluding carboxylic acids is 2. The number of nitrogens with zero attached hydrogens (tertiary/aromatic N) is 1. The van der Waals surface area contributed by atoms with E-state index in [-0.39, 0.29) is 30.0 Å². The molecule has 7 heteroatoms. The van der Waals surface area contributed by atoms with Gasteiger partial charge < -0.3 is 10.2 Å². The zero-order valence-corrected chi connectivity index (χ0v) is 14.2. The van der Waals surface area contributed by atoms with Crippen LogP contribution in [0.4, 0.5) is 0 Å². The SMILES string of the molecule is CCC(C)C1C(=O)NC(C)C(=O)N1CCS(=O)(=O)C(C)C. The molecule has 0 spiro atoms. The van der Waals surface area contributed by atoms with Crippen molar-refractivity contribution in [2.75, 3.05) is 12.3 Å². The van der Waals surface area contributed by atoms with Gasteiger partial charge in [-0.3, -0.25) is 9.59 Å². The van der Waals surface area contributed by atoms with Gasteiger partial charge in [0.2, 0.25) is 11.8 Å². The summed E-state index contributed by atoms with van der Waals surface area (Å²) in [5, 5.41) is 2.18. The molecule has 1 N–H and O–H groups in total. The van der Waals surface area contributed by atoms with Gasteiger partial charge in [0, 0.05) is 6.54 Å². The monoisotopic (exact) mass is 318 g/mol. The molecule has 0 saturated carbocycles. The van der Waals surface area contributed by atoms with Gasteiger partial charge in [0.05, 0.1) is 11.0 Å². The van der Waals surface area contributed by atoms with E-state index in [1.165, 1.54) is 4.90 Å². The molecular weight excluding hydrogens is 292 g/mol. The second kappa shape index (κ2) is 6.77. The predicted molar refractivity (Wildman–Crippen MR) is 81.5 cm³/mol. The molecule has 0 aliphatic carbocycles. The van der Waals surface area contributed by atoms with Gasteiger partial charge in [0.1, 0.15) is 12.1 Å². The minimum Gasteiger partial charge on any atom is -0.343 e. The average molecular weight is 318 g/mol. The highest BCUT2D eigenvalue weighted by atomic mass is 32.2. The zero-order chi connectivity index (χ0) is 16.4. The van der Waals surface area contributed by atoms with Crippen molar-refractivity contribution < 1.29 is 18.0 Å². The minimum absolute atomic E-state index is 0.0109. The molecule has 0 aromatic heterocycles. The summed E-state index contributed by atoms with van der Waals surface area (Å²) in [7, 11) is -3.24. The molecule has 2 amide bonds. The van der Waals surface area contributed by atoms with Crippen molar-refractivity contribution in [2.24, 2.45) is 5.92 Å². The second-order valence-electron chi connectivity index (χ2n) is 6.01. The van der Waals surface area contributed by atoms with Crippen LogP contribution in [-0.4, -0.2) is 54.8 Å². The summed E-state index contributed by atoms with van der Waals surface area (Å²) in [6.07, 6.45) is 0.743. The van der Waals surface area contributed by atoms with Crippen molar-refractivity contribution in [3.05, 3.63) is 0 Å². The van der Waals surface area contributed by atoms with Crippen LogP contribution in [-0.2, 0) is 19.4 Å². The van der Waals surface area contributed by atoms with Crippen LogP contribution in [0.1, 0.15) is 41.0 Å². The Hall–Kier alpha value is -1.11. The average Bonchev–Trinajstić information content (AvgIpc) is 2.40. The third kappa shape index (κ3) is 3.96. The first kappa shape index (κ1) is 17.9. The van der Waals surface area contributed by atoms with Crippen molar-refractivity contribution in [1.82, 2.24) is 10.2 Å². The summed E-state index contributed by atoms with van der Waals surface area (Å²) in [5.74, 6) is -0.524. The second-order valence-corrected chi connectivity index (χ2v) is 8.68. The Bertz CT molecular complexity index is 501. The molecule has 1 aliphatic rings. The van der Waals surface area contributed by atoms with Crippen molar-refractivity contribution in [2.45, 2.75) is 58.4 Å². The zero-order valence-electron chi connectivity index (χ0n) is 13.4. The molecule has 3 atom stereocenters. The molecular formula is C14H26N2O4S. The topological polar surface area (TPSA) is 83.6 Å². The number of rotatable bonds is 6. The standard InChI is InChI=1S/C14H26N2O4S/c1-6-10(4)12-13(17)15-11(5)14(18)16(12)7-8-21(19,20)9(2)3/h9-12H,6-8H2,1-5H3,(H,15,17). The van der Waals surface area contributed by atoms with Crippen molar-refractivity contribution in [3.63, 3.8) is 0 Å². The van der Waals surface area contributed by atoms with E-state index in [0.717, 1.165) is 6.42 Å². The Labute approximate surface area is 127 Å². The summed E-state index contributed by atoms with van der Waals surface area (Å²) in [6, 6.07) is -1.18. The van der Waals surface area contributed by atoms with Crippen molar-refractivity contribution in [1.29, 1.82) is 0 Å². The largest absolute Gasteiger partial charge is 0.343 e. The number of nitrogens with one attached hydrogen (secondary N) is 1. The van der Waals surface area contributed by atoms with Gasteiger partial charge in [-0.05, 0) is 26.7 Å². The van der Waals surface area contributed by atoms with E-state index in [1.54, 1.807) is 20.8 Å². The first-order chi connectivity index (χ1) is 9.61. The Morgan fingerprint density at radius 2 is 1.81 bits per heavy atom. The van der Waals surface area contributed by atoms with Crippen LogP contribution in [0.2, 0.25) is 0 Å². The summed E-state index contributed by atoms with van der Waals surface area (Å²) in [6.45, 7) is 8.79. The van der Waals surface area contributed by atoms with Crippen LogP contribution in [0, 0.1) is 5.92 Å². The number of amides is 2. The van der Waals surface area contributed by atoms with Crippen molar-refractivity contribution in [3.8, 4) is 0 Å². The summed E-state index contributed by atoms with van der Waals surface area (Å²) in [4.78, 5) is 25.9. The molecule has 3 unspecified atom stereocenters. The van der Waals surface area contributed by atoms with E-state index in [0.29, 0.717) is 0 Å². The summed E-state index contributed by atoms with van der Waals surface area (Å²) < 4.78 is 23.9. The minimum atomic E-state index is -3.24. The number of piperazine rings is 1. The maximum atomic E-state index is 12.3. The first-order valence-electron chi connectivity index (χ1n) is 7.44. The fourth-order valence-electron chi connectivity index (χ4n) is 2.39. The molecule has 1 heterocycles. The van der Waals surface area contributed by atoms with Gasteiger partial charge in [0.25, 0.3) is 0 Å². The molecule has 1 aliphatic heterocycles. The Morgan fingerprint density at radius 3 is 2.29 bits per heavy atom. The van der Waals surface area contributed by atoms with E-state index < -0.39 is 27.2 Å². The molecule has 0 bridgehead atoms. The van der Waals surface area contributed by atoms with E-state index in [1.807, 2.05) is 13.8 Å². The number of carbonyl (C=O) groups is 2. The number of sulfone groups is 1. The van der Waals surface area contributed by atoms with Crippen LogP contribution in [0.25, 0.3) is 0 Å². The highest BCUT2D eigenvalue weighted by Gasteiger charge is 2.41. The maximum Gasteiger partial charge on any atom is 0.245 e. The smallest absolute Gasteiger partial charge is 0.245 e. The van der Waals surface area contributed by atoms with Gasteiger partial charge in [-0.2, -0.15) is 0 Å². The van der Waals surface area contributed by atoms with E-state index in [9.17, 15) is 18.0 Å². The van der Waals surface area contributed by atoms with Crippen LogP contribution in [0.5, 0.6) is 0 Å². The summed E-state index contributed by atoms with van der Waals surface area (Å²) >= 11 is 0. The molecule has 0 aromatic carbocycles. The quantitative estimate of drug-likeness (QED) is 0.776. The van der Waals surface area contributed by atoms with Crippen LogP contribution < -0.4 is 5.32 Å². The lowest BCUT2D eigenvalue weighted by atomic mass is 9.94. The molecule has 1 rings (SSSR count). The molecule has 0 aromatic rings. The molecule has 0 radical (unpaired) electrons. The molecule has 21 heavy (non-hydrogen) atoms. The van der Waals surface area contributed by atoms with Crippen molar-refractivity contribution >= 4 is 21.7 Å². The van der Waals surface area contributed by atoms with E-state index in [2.05, 4.69) is 5.32 Å². The first-order valence-corrected chi connectivity index (χ1v) is 9.15. The molecule has 1 fully saturated rings. The van der Waals surface area contributed by atoms with Gasteiger partial charge >= 0.3 is 0 Å². The Kier molecular flexibility index (Phi) is 5.78. The predicted octanol–water partition coefficient (Wildman–Crippen LogP) is 0.571. The fraction of sp³-hybridized carbons (Fsp3) is 0.857. The molecule has 6 nitrogen and oxygen atoms in total. The third-order valence-electron chi connectivity index (χ3n) is 4.13. The molecule has 1 saturated heterocycles. The lowest BCUT2D eigenvalue weighted by Crippen LogP contribution is -2.64. The number of hydrogen-bond donors (Lipinski definition) is 1. The lowest BCUT2D eigenvalue weighted by molar-refractivity contribution is -0.150. The van der Waals surface area contributed by atoms with Gasteiger partial charge in [-0.25, -0.2) is 8.42 Å². The maximum absolute atomic E-state index is 12.3. The van der Waals surface area contributed by atoms with Crippen LogP contribution >= 0.6 is 0 Å². The third-order valence-corrected chi connectivity index (χ3v) is 6.32. The Morgan fingerprint density at radius 1 is 1.24 bits per heavy atom. The van der Waals surface area contributed by atoms with E-state index in [4.69, 9.17) is 0 Å². The van der Waals surface area contributed by atoms with E-state index >= 15 is 0 Å². The van der Waals surface area contributed by atoms with Crippen LogP contribution in [0.3, 0.4) is 0 Å². The van der Waals surface area contributed by atoms with Crippen LogP contribution in [0.15, 0.2) is 0 Å². The van der Waals surface area contributed by atoms with Gasteiger partial charge in [-0.15, -0.1) is 0 Å².